The molecule has 0 N–H and O–H groups in total. The number of benzene rings is 2. The minimum atomic E-state index is 0.409. The first-order valence-electron chi connectivity index (χ1n) is 8.71. The van der Waals surface area contributed by atoms with Gasteiger partial charge in [0.15, 0.2) is 5.82 Å². The average molecular weight is 441 g/mol. The summed E-state index contributed by atoms with van der Waals surface area (Å²) in [4.78, 5) is 5.20. The van der Waals surface area contributed by atoms with Crippen LogP contribution >= 0.6 is 34.7 Å². The summed E-state index contributed by atoms with van der Waals surface area (Å²) in [5, 5.41) is 14.3. The molecule has 0 atom stereocenters. The number of halogens is 1. The third-order valence-electron chi connectivity index (χ3n) is 4.23. The second kappa shape index (κ2) is 7.62. The van der Waals surface area contributed by atoms with Gasteiger partial charge in [0.05, 0.1) is 10.8 Å². The molecule has 9 heteroatoms. The highest BCUT2D eigenvalue weighted by Gasteiger charge is 2.18. The number of hydrogen-bond acceptors (Lipinski definition) is 8. The fourth-order valence-electron chi connectivity index (χ4n) is 2.76. The number of fused-ring (bicyclic) bond motifs is 1. The number of aryl methyl sites for hydroxylation is 1. The Morgan fingerprint density at radius 3 is 2.69 bits per heavy atom. The average Bonchev–Trinajstić information content (AvgIpc) is 3.46. The van der Waals surface area contributed by atoms with Gasteiger partial charge >= 0.3 is 0 Å². The molecule has 0 saturated heterocycles. The van der Waals surface area contributed by atoms with Crippen molar-refractivity contribution in [2.75, 3.05) is 0 Å². The van der Waals surface area contributed by atoms with Crippen LogP contribution in [-0.4, -0.2) is 20.3 Å². The third-order valence-corrected chi connectivity index (χ3v) is 6.70. The van der Waals surface area contributed by atoms with Crippen LogP contribution in [0.2, 0.25) is 5.02 Å². The lowest BCUT2D eigenvalue weighted by atomic mass is 10.1. The number of nitrogens with zero attached hydrogens (tertiary/aromatic N) is 4. The first-order valence-corrected chi connectivity index (χ1v) is 10.9. The van der Waals surface area contributed by atoms with Crippen molar-refractivity contribution in [3.8, 4) is 22.2 Å². The lowest BCUT2D eigenvalue weighted by molar-refractivity contribution is 0.425. The van der Waals surface area contributed by atoms with Gasteiger partial charge in [-0.2, -0.15) is 4.98 Å². The summed E-state index contributed by atoms with van der Waals surface area (Å²) in [5.74, 6) is 1.91. The van der Waals surface area contributed by atoms with Crippen molar-refractivity contribution in [3.05, 3.63) is 64.9 Å². The Labute approximate surface area is 178 Å². The molecule has 29 heavy (non-hydrogen) atoms. The Morgan fingerprint density at radius 2 is 1.86 bits per heavy atom. The van der Waals surface area contributed by atoms with E-state index in [0.717, 1.165) is 20.5 Å². The number of thiophene rings is 1. The van der Waals surface area contributed by atoms with E-state index >= 15 is 0 Å². The van der Waals surface area contributed by atoms with Gasteiger partial charge in [0.25, 0.3) is 17.0 Å². The quantitative estimate of drug-likeness (QED) is 0.298. The van der Waals surface area contributed by atoms with Crippen LogP contribution in [0.3, 0.4) is 0 Å². The van der Waals surface area contributed by atoms with Crippen molar-refractivity contribution >= 4 is 44.8 Å². The molecule has 0 radical (unpaired) electrons. The van der Waals surface area contributed by atoms with Crippen molar-refractivity contribution in [1.29, 1.82) is 0 Å². The maximum absolute atomic E-state index is 6.49. The summed E-state index contributed by atoms with van der Waals surface area (Å²) < 4.78 is 12.2. The largest absolute Gasteiger partial charge is 0.410 e. The van der Waals surface area contributed by atoms with Gasteiger partial charge in [0.1, 0.15) is 4.88 Å². The van der Waals surface area contributed by atoms with E-state index < -0.39 is 0 Å². The Balaban J connectivity index is 1.31. The molecule has 3 heterocycles. The number of rotatable bonds is 5. The van der Waals surface area contributed by atoms with Gasteiger partial charge in [-0.05, 0) is 25.1 Å². The van der Waals surface area contributed by atoms with Crippen molar-refractivity contribution < 1.29 is 8.94 Å². The van der Waals surface area contributed by atoms with Gasteiger partial charge in [0.2, 0.25) is 0 Å². The number of hydrogen-bond donors (Lipinski definition) is 0. The maximum Gasteiger partial charge on any atom is 0.277 e. The monoisotopic (exact) mass is 440 g/mol. The predicted molar refractivity (Wildman–Crippen MR) is 114 cm³/mol. The molecule has 0 aliphatic carbocycles. The van der Waals surface area contributed by atoms with Crippen LogP contribution in [0.15, 0.2) is 62.7 Å². The van der Waals surface area contributed by atoms with Crippen molar-refractivity contribution in [1.82, 2.24) is 20.3 Å². The van der Waals surface area contributed by atoms with Crippen LogP contribution in [-0.2, 0) is 5.75 Å². The fourth-order valence-corrected chi connectivity index (χ4v) is 4.80. The molecule has 5 rings (SSSR count). The zero-order valence-electron chi connectivity index (χ0n) is 15.1. The molecule has 0 saturated carbocycles. The highest BCUT2D eigenvalue weighted by molar-refractivity contribution is 7.98. The molecule has 5 aromatic rings. The Morgan fingerprint density at radius 1 is 1.03 bits per heavy atom. The molecule has 0 amide bonds. The molecule has 3 aromatic heterocycles. The van der Waals surface area contributed by atoms with E-state index in [1.54, 1.807) is 0 Å². The first kappa shape index (κ1) is 18.4. The van der Waals surface area contributed by atoms with E-state index in [1.807, 2.05) is 55.5 Å². The highest BCUT2D eigenvalue weighted by Crippen LogP contribution is 2.41. The second-order valence-electron chi connectivity index (χ2n) is 6.28. The maximum atomic E-state index is 6.49. The lowest BCUT2D eigenvalue weighted by Gasteiger charge is -1.94. The smallest absolute Gasteiger partial charge is 0.277 e. The summed E-state index contributed by atoms with van der Waals surface area (Å²) >= 11 is 9.37. The van der Waals surface area contributed by atoms with E-state index in [2.05, 4.69) is 20.3 Å². The summed E-state index contributed by atoms with van der Waals surface area (Å²) in [6.07, 6.45) is 0. The number of thioether (sulfide) groups is 1. The molecule has 2 aromatic carbocycles. The molecular weight excluding hydrogens is 428 g/mol. The van der Waals surface area contributed by atoms with E-state index in [4.69, 9.17) is 20.5 Å². The molecule has 0 fully saturated rings. The molecule has 0 unspecified atom stereocenters. The fraction of sp³-hybridized carbons (Fsp3) is 0.100. The normalized spacial score (nSPS) is 11.4. The van der Waals surface area contributed by atoms with Crippen LogP contribution < -0.4 is 0 Å². The molecular formula is C20H13ClN4O2S2. The van der Waals surface area contributed by atoms with Crippen molar-refractivity contribution in [3.63, 3.8) is 0 Å². The summed E-state index contributed by atoms with van der Waals surface area (Å²) in [6, 6.07) is 15.9. The van der Waals surface area contributed by atoms with Crippen LogP contribution in [0.5, 0.6) is 0 Å². The Hall–Kier alpha value is -2.68. The minimum absolute atomic E-state index is 0.409. The summed E-state index contributed by atoms with van der Waals surface area (Å²) in [7, 11) is 0. The first-order chi connectivity index (χ1) is 14.2. The topological polar surface area (TPSA) is 77.8 Å². The standard InChI is InChI=1S/C20H13ClN4O2S2/c1-11-6-8-12(9-7-11)18-22-15(25-27-18)10-28-20-24-23-19(26-20)17-16(21)13-4-2-3-5-14(13)29-17/h2-9H,10H2,1H3. The van der Waals surface area contributed by atoms with Gasteiger partial charge in [-0.3, -0.25) is 0 Å². The summed E-state index contributed by atoms with van der Waals surface area (Å²) in [6.45, 7) is 2.03. The van der Waals surface area contributed by atoms with E-state index in [-0.39, 0.29) is 0 Å². The minimum Gasteiger partial charge on any atom is -0.410 e. The number of aromatic nitrogens is 4. The van der Waals surface area contributed by atoms with Crippen LogP contribution in [0.4, 0.5) is 0 Å². The van der Waals surface area contributed by atoms with Crippen LogP contribution in [0.1, 0.15) is 11.4 Å². The van der Waals surface area contributed by atoms with E-state index in [1.165, 1.54) is 28.7 Å². The summed E-state index contributed by atoms with van der Waals surface area (Å²) in [5.41, 5.74) is 2.06. The predicted octanol–water partition coefficient (Wildman–Crippen LogP) is 6.26. The zero-order valence-corrected chi connectivity index (χ0v) is 17.5. The van der Waals surface area contributed by atoms with Gasteiger partial charge in [-0.25, -0.2) is 0 Å². The van der Waals surface area contributed by atoms with Crippen LogP contribution in [0, 0.1) is 6.92 Å². The van der Waals surface area contributed by atoms with Gasteiger partial charge in [0, 0.05) is 15.6 Å². The van der Waals surface area contributed by atoms with Gasteiger partial charge in [-0.1, -0.05) is 64.4 Å². The van der Waals surface area contributed by atoms with Gasteiger partial charge < -0.3 is 8.94 Å². The van der Waals surface area contributed by atoms with E-state index in [9.17, 15) is 0 Å². The Kier molecular flexibility index (Phi) is 4.83. The van der Waals surface area contributed by atoms with Crippen molar-refractivity contribution in [2.24, 2.45) is 0 Å². The second-order valence-corrected chi connectivity index (χ2v) is 8.64. The van der Waals surface area contributed by atoms with Gasteiger partial charge in [-0.15, -0.1) is 21.5 Å². The third kappa shape index (κ3) is 3.66. The molecule has 0 bridgehead atoms. The Bertz CT molecular complexity index is 1290. The molecule has 0 aliphatic rings. The van der Waals surface area contributed by atoms with Crippen LogP contribution in [0.25, 0.3) is 32.3 Å². The molecule has 6 nitrogen and oxygen atoms in total. The van der Waals surface area contributed by atoms with Crippen molar-refractivity contribution in [2.45, 2.75) is 17.9 Å². The van der Waals surface area contributed by atoms with E-state index in [0.29, 0.717) is 33.6 Å². The lowest BCUT2D eigenvalue weighted by Crippen LogP contribution is -1.84. The zero-order chi connectivity index (χ0) is 19.8. The molecule has 0 spiro atoms. The molecule has 0 aliphatic heterocycles. The SMILES string of the molecule is Cc1ccc(-c2nc(CSc3nnc(-c4sc5ccccc5c4Cl)o3)no2)cc1. The molecule has 144 valence electrons. The highest BCUT2D eigenvalue weighted by atomic mass is 35.5.